The normalized spacial score (nSPS) is 17.0. The molecule has 150 valence electrons. The molecule has 1 saturated heterocycles. The molecule has 8 heteroatoms. The van der Waals surface area contributed by atoms with Gasteiger partial charge in [-0.3, -0.25) is 4.79 Å². The molecule has 1 fully saturated rings. The van der Waals surface area contributed by atoms with Gasteiger partial charge >= 0.3 is 6.18 Å². The Morgan fingerprint density at radius 1 is 1.21 bits per heavy atom. The van der Waals surface area contributed by atoms with Crippen LogP contribution in [0, 0.1) is 0 Å². The average molecular weight is 411 g/mol. The van der Waals surface area contributed by atoms with Gasteiger partial charge in [0.1, 0.15) is 5.75 Å². The molecule has 1 aliphatic rings. The van der Waals surface area contributed by atoms with Gasteiger partial charge in [-0.2, -0.15) is 13.2 Å². The van der Waals surface area contributed by atoms with Crippen LogP contribution in [0.1, 0.15) is 17.5 Å². The summed E-state index contributed by atoms with van der Waals surface area (Å²) in [7, 11) is 0. The third-order valence-corrected chi connectivity index (χ3v) is 5.67. The Kier molecular flexibility index (Phi) is 6.51. The second-order valence-electron chi connectivity index (χ2n) is 6.48. The highest BCUT2D eigenvalue weighted by Gasteiger charge is 2.31. The minimum Gasteiger partial charge on any atom is -0.484 e. The number of hydrogen-bond acceptors (Lipinski definition) is 4. The molecule has 3 rings (SSSR count). The zero-order valence-corrected chi connectivity index (χ0v) is 15.8. The van der Waals surface area contributed by atoms with Crippen LogP contribution < -0.4 is 4.74 Å². The number of ether oxygens (including phenoxy) is 1. The summed E-state index contributed by atoms with van der Waals surface area (Å²) in [4.78, 5) is 14.6. The summed E-state index contributed by atoms with van der Waals surface area (Å²) < 4.78 is 44.0. The number of benzene rings is 2. The molecule has 0 spiro atoms. The number of likely N-dealkylation sites (tertiary alicyclic amines) is 1. The van der Waals surface area contributed by atoms with Gasteiger partial charge in [0.25, 0.3) is 5.91 Å². The number of alkyl halides is 3. The van der Waals surface area contributed by atoms with E-state index >= 15 is 0 Å². The van der Waals surface area contributed by atoms with Gasteiger partial charge in [-0.15, -0.1) is 11.8 Å². The molecule has 1 N–H and O–H groups in total. The highest BCUT2D eigenvalue weighted by molar-refractivity contribution is 8.00. The summed E-state index contributed by atoms with van der Waals surface area (Å²) in [5.41, 5.74) is 0.0942. The smallest absolute Gasteiger partial charge is 0.416 e. The van der Waals surface area contributed by atoms with Crippen LogP contribution in [0.4, 0.5) is 13.2 Å². The lowest BCUT2D eigenvalue weighted by molar-refractivity contribution is -0.137. The number of halogens is 3. The number of amides is 1. The predicted molar refractivity (Wildman–Crippen MR) is 100 cm³/mol. The first-order valence-electron chi connectivity index (χ1n) is 8.79. The molecule has 1 amide bonds. The van der Waals surface area contributed by atoms with Crippen molar-refractivity contribution < 1.29 is 27.8 Å². The molecule has 2 aromatic carbocycles. The number of thioether (sulfide) groups is 1. The number of aliphatic hydroxyl groups excluding tert-OH is 1. The molecule has 1 atom stereocenters. The maximum atomic E-state index is 12.8. The molecular weight excluding hydrogens is 391 g/mol. The van der Waals surface area contributed by atoms with Crippen LogP contribution in [0.2, 0.25) is 0 Å². The summed E-state index contributed by atoms with van der Waals surface area (Å²) in [5, 5.41) is 9.07. The fraction of sp³-hybridized carbons (Fsp3) is 0.350. The predicted octanol–water partition coefficient (Wildman–Crippen LogP) is 3.97. The maximum absolute atomic E-state index is 12.8. The van der Waals surface area contributed by atoms with Crippen LogP contribution in [0.5, 0.6) is 5.75 Å². The van der Waals surface area contributed by atoms with Crippen molar-refractivity contribution in [3.8, 4) is 5.75 Å². The first kappa shape index (κ1) is 20.5. The Balaban J connectivity index is 1.50. The number of hydrogen-bond donors (Lipinski definition) is 1. The van der Waals surface area contributed by atoms with E-state index in [1.807, 2.05) is 0 Å². The first-order chi connectivity index (χ1) is 13.3. The van der Waals surface area contributed by atoms with Gasteiger partial charge in [0, 0.05) is 23.2 Å². The summed E-state index contributed by atoms with van der Waals surface area (Å²) >= 11 is 1.36. The molecule has 0 radical (unpaired) electrons. The zero-order valence-electron chi connectivity index (χ0n) is 15.0. The number of nitrogens with zero attached hydrogens (tertiary/aromatic N) is 1. The Morgan fingerprint density at radius 3 is 2.64 bits per heavy atom. The Bertz CT molecular complexity index is 811. The van der Waals surface area contributed by atoms with Gasteiger partial charge in [0.2, 0.25) is 0 Å². The number of carbonyl (C=O) groups is 1. The second kappa shape index (κ2) is 8.87. The molecule has 2 aromatic rings. The van der Waals surface area contributed by atoms with Crippen LogP contribution in [0.15, 0.2) is 53.4 Å². The van der Waals surface area contributed by atoms with E-state index in [1.165, 1.54) is 17.8 Å². The Hall–Kier alpha value is -2.19. The number of aliphatic hydroxyl groups is 1. The van der Waals surface area contributed by atoms with Crippen molar-refractivity contribution in [1.29, 1.82) is 0 Å². The zero-order chi connectivity index (χ0) is 20.1. The molecule has 28 heavy (non-hydrogen) atoms. The van der Waals surface area contributed by atoms with E-state index in [2.05, 4.69) is 0 Å². The van der Waals surface area contributed by atoms with Crippen LogP contribution in [0.25, 0.3) is 0 Å². The van der Waals surface area contributed by atoms with E-state index in [4.69, 9.17) is 9.84 Å². The highest BCUT2D eigenvalue weighted by atomic mass is 32.2. The van der Waals surface area contributed by atoms with Crippen LogP contribution in [-0.2, 0) is 17.6 Å². The minimum atomic E-state index is -4.36. The molecule has 1 aliphatic heterocycles. The quantitative estimate of drug-likeness (QED) is 0.782. The van der Waals surface area contributed by atoms with Gasteiger partial charge in [0.05, 0.1) is 12.2 Å². The van der Waals surface area contributed by atoms with Crippen molar-refractivity contribution in [2.45, 2.75) is 29.3 Å². The van der Waals surface area contributed by atoms with Gasteiger partial charge in [-0.05, 0) is 42.3 Å². The van der Waals surface area contributed by atoms with Crippen molar-refractivity contribution in [2.24, 2.45) is 0 Å². The Labute approximate surface area is 165 Å². The fourth-order valence-electron chi connectivity index (χ4n) is 2.92. The van der Waals surface area contributed by atoms with Crippen molar-refractivity contribution in [3.05, 3.63) is 59.7 Å². The average Bonchev–Trinajstić information content (AvgIpc) is 3.14. The summed E-state index contributed by atoms with van der Waals surface area (Å²) in [5.74, 6) is 0.387. The molecule has 0 aliphatic carbocycles. The number of carbonyl (C=O) groups excluding carboxylic acids is 1. The first-order valence-corrected chi connectivity index (χ1v) is 9.67. The Morgan fingerprint density at radius 2 is 1.96 bits per heavy atom. The SMILES string of the molecule is O=C(COc1ccc(CO)cc1)N1CCC(Sc2cccc(C(F)(F)F)c2)C1. The van der Waals surface area contributed by atoms with Crippen LogP contribution >= 0.6 is 11.8 Å². The van der Waals surface area contributed by atoms with Gasteiger partial charge in [0.15, 0.2) is 6.61 Å². The monoisotopic (exact) mass is 411 g/mol. The van der Waals surface area contributed by atoms with E-state index in [9.17, 15) is 18.0 Å². The highest BCUT2D eigenvalue weighted by Crippen LogP contribution is 2.35. The van der Waals surface area contributed by atoms with Crippen molar-refractivity contribution in [2.75, 3.05) is 19.7 Å². The molecule has 4 nitrogen and oxygen atoms in total. The van der Waals surface area contributed by atoms with E-state index in [0.717, 1.165) is 24.1 Å². The van der Waals surface area contributed by atoms with Gasteiger partial charge in [-0.1, -0.05) is 18.2 Å². The second-order valence-corrected chi connectivity index (χ2v) is 7.86. The lowest BCUT2D eigenvalue weighted by Gasteiger charge is -2.17. The standard InChI is InChI=1S/C20H20F3NO3S/c21-20(22,23)15-2-1-3-17(10-15)28-18-8-9-24(11-18)19(26)13-27-16-6-4-14(12-25)5-7-16/h1-7,10,18,25H,8-9,11-13H2. The van der Waals surface area contributed by atoms with Crippen LogP contribution in [0.3, 0.4) is 0 Å². The van der Waals surface area contributed by atoms with Crippen LogP contribution in [-0.4, -0.2) is 40.9 Å². The van der Waals surface area contributed by atoms with Gasteiger partial charge < -0.3 is 14.7 Å². The van der Waals surface area contributed by atoms with E-state index in [-0.39, 0.29) is 24.4 Å². The fourth-order valence-corrected chi connectivity index (χ4v) is 4.13. The van der Waals surface area contributed by atoms with Crippen molar-refractivity contribution in [3.63, 3.8) is 0 Å². The molecule has 0 saturated carbocycles. The summed E-state index contributed by atoms with van der Waals surface area (Å²) in [6.07, 6.45) is -3.64. The number of rotatable bonds is 6. The third kappa shape index (κ3) is 5.42. The lowest BCUT2D eigenvalue weighted by Crippen LogP contribution is -2.33. The largest absolute Gasteiger partial charge is 0.484 e. The van der Waals surface area contributed by atoms with Gasteiger partial charge in [-0.25, -0.2) is 0 Å². The van der Waals surface area contributed by atoms with Crippen molar-refractivity contribution >= 4 is 17.7 Å². The van der Waals surface area contributed by atoms with E-state index < -0.39 is 11.7 Å². The summed E-state index contributed by atoms with van der Waals surface area (Å²) in [6, 6.07) is 12.1. The summed E-state index contributed by atoms with van der Waals surface area (Å²) in [6.45, 7) is 0.881. The lowest BCUT2D eigenvalue weighted by atomic mass is 10.2. The molecule has 0 bridgehead atoms. The molecule has 0 aromatic heterocycles. The maximum Gasteiger partial charge on any atom is 0.416 e. The minimum absolute atomic E-state index is 0.0521. The van der Waals surface area contributed by atoms with Crippen molar-refractivity contribution in [1.82, 2.24) is 4.90 Å². The topological polar surface area (TPSA) is 49.8 Å². The van der Waals surface area contributed by atoms with E-state index in [1.54, 1.807) is 35.2 Å². The molecule has 1 unspecified atom stereocenters. The molecular formula is C20H20F3NO3S. The third-order valence-electron chi connectivity index (χ3n) is 4.43. The molecule has 1 heterocycles. The van der Waals surface area contributed by atoms with E-state index in [0.29, 0.717) is 23.7 Å².